The number of hydrogen-bond donors (Lipinski definition) is 2. The first-order valence-electron chi connectivity index (χ1n) is 7.84. The monoisotopic (exact) mass is 353 g/mol. The van der Waals surface area contributed by atoms with Crippen LogP contribution in [0.1, 0.15) is 22.3 Å². The van der Waals surface area contributed by atoms with Gasteiger partial charge in [-0.1, -0.05) is 18.2 Å². The molecule has 0 spiro atoms. The lowest BCUT2D eigenvalue weighted by molar-refractivity contribution is -0.115. The molecule has 0 aliphatic carbocycles. The van der Waals surface area contributed by atoms with E-state index in [0.717, 1.165) is 5.56 Å². The van der Waals surface area contributed by atoms with Gasteiger partial charge in [-0.3, -0.25) is 9.59 Å². The average Bonchev–Trinajstić information content (AvgIpc) is 2.66. The van der Waals surface area contributed by atoms with Gasteiger partial charge in [-0.05, 0) is 29.8 Å². The number of benzene rings is 2. The van der Waals surface area contributed by atoms with Gasteiger partial charge in [0.2, 0.25) is 5.91 Å². The summed E-state index contributed by atoms with van der Waals surface area (Å²) in [5.74, 6) is 0.372. The zero-order chi connectivity index (χ0) is 18.9. The van der Waals surface area contributed by atoms with Crippen molar-refractivity contribution in [2.75, 3.05) is 19.5 Å². The van der Waals surface area contributed by atoms with E-state index in [1.807, 2.05) is 6.07 Å². The Balaban J connectivity index is 2.09. The minimum atomic E-state index is -0.465. The second-order valence-electron chi connectivity index (χ2n) is 5.30. The molecule has 2 N–H and O–H groups in total. The molecule has 0 bridgehead atoms. The van der Waals surface area contributed by atoms with Crippen LogP contribution < -0.4 is 20.1 Å². The van der Waals surface area contributed by atoms with E-state index in [0.29, 0.717) is 22.7 Å². The minimum Gasteiger partial charge on any atom is -0.493 e. The van der Waals surface area contributed by atoms with Crippen LogP contribution in [0, 0.1) is 11.3 Å². The van der Waals surface area contributed by atoms with Gasteiger partial charge in [0.1, 0.15) is 6.42 Å². The number of methoxy groups -OCH3 is 2. The molecule has 2 aromatic carbocycles. The first-order valence-corrected chi connectivity index (χ1v) is 7.84. The highest BCUT2D eigenvalue weighted by Crippen LogP contribution is 2.27. The molecule has 0 unspecified atom stereocenters. The molecule has 0 radical (unpaired) electrons. The Morgan fingerprint density at radius 2 is 1.81 bits per heavy atom. The van der Waals surface area contributed by atoms with Crippen LogP contribution in [0.3, 0.4) is 0 Å². The number of carbonyl (C=O) groups is 2. The van der Waals surface area contributed by atoms with E-state index in [1.54, 1.807) is 56.7 Å². The number of anilines is 1. The largest absolute Gasteiger partial charge is 0.493 e. The molecule has 0 heterocycles. The Labute approximate surface area is 151 Å². The lowest BCUT2D eigenvalue weighted by Gasteiger charge is -2.12. The molecule has 0 saturated carbocycles. The fraction of sp³-hybridized carbons (Fsp3) is 0.211. The van der Waals surface area contributed by atoms with Crippen molar-refractivity contribution in [1.29, 1.82) is 5.26 Å². The predicted octanol–water partition coefficient (Wildman–Crippen LogP) is 2.49. The molecule has 26 heavy (non-hydrogen) atoms. The van der Waals surface area contributed by atoms with Crippen LogP contribution in [0.5, 0.6) is 11.5 Å². The smallest absolute Gasteiger partial charge is 0.253 e. The molecule has 2 amide bonds. The van der Waals surface area contributed by atoms with E-state index in [4.69, 9.17) is 14.7 Å². The maximum atomic E-state index is 12.5. The second-order valence-corrected chi connectivity index (χ2v) is 5.30. The Morgan fingerprint density at radius 3 is 2.50 bits per heavy atom. The first kappa shape index (κ1) is 18.8. The van der Waals surface area contributed by atoms with E-state index in [1.165, 1.54) is 0 Å². The van der Waals surface area contributed by atoms with Gasteiger partial charge < -0.3 is 20.1 Å². The summed E-state index contributed by atoms with van der Waals surface area (Å²) in [7, 11) is 3.09. The minimum absolute atomic E-state index is 0.276. The number of ether oxygens (including phenoxy) is 2. The van der Waals surface area contributed by atoms with Gasteiger partial charge in [0.15, 0.2) is 11.5 Å². The van der Waals surface area contributed by atoms with Crippen LogP contribution in [0.4, 0.5) is 5.69 Å². The summed E-state index contributed by atoms with van der Waals surface area (Å²) in [6.07, 6.45) is -0.276. The van der Waals surface area contributed by atoms with E-state index in [9.17, 15) is 9.59 Å². The highest BCUT2D eigenvalue weighted by molar-refractivity contribution is 6.04. The molecule has 0 aromatic heterocycles. The average molecular weight is 353 g/mol. The van der Waals surface area contributed by atoms with Crippen molar-refractivity contribution in [1.82, 2.24) is 5.32 Å². The molecule has 2 aromatic rings. The van der Waals surface area contributed by atoms with Gasteiger partial charge in [-0.2, -0.15) is 5.26 Å². The third-order valence-corrected chi connectivity index (χ3v) is 3.59. The zero-order valence-corrected chi connectivity index (χ0v) is 14.5. The summed E-state index contributed by atoms with van der Waals surface area (Å²) in [4.78, 5) is 24.1. The summed E-state index contributed by atoms with van der Waals surface area (Å²) >= 11 is 0. The van der Waals surface area contributed by atoms with E-state index in [2.05, 4.69) is 10.6 Å². The van der Waals surface area contributed by atoms with Crippen molar-refractivity contribution < 1.29 is 19.1 Å². The highest BCUT2D eigenvalue weighted by Gasteiger charge is 2.13. The van der Waals surface area contributed by atoms with Gasteiger partial charge in [0.05, 0.1) is 31.5 Å². The summed E-state index contributed by atoms with van der Waals surface area (Å²) in [5.41, 5.74) is 1.51. The quantitative estimate of drug-likeness (QED) is 0.796. The maximum absolute atomic E-state index is 12.5. The molecule has 0 fully saturated rings. The normalized spacial score (nSPS) is 9.73. The fourth-order valence-electron chi connectivity index (χ4n) is 2.32. The molecule has 0 aliphatic heterocycles. The van der Waals surface area contributed by atoms with Crippen LogP contribution in [-0.4, -0.2) is 26.0 Å². The molecular weight excluding hydrogens is 334 g/mol. The number of amides is 2. The van der Waals surface area contributed by atoms with Gasteiger partial charge in [0, 0.05) is 6.54 Å². The van der Waals surface area contributed by atoms with Gasteiger partial charge in [-0.15, -0.1) is 0 Å². The van der Waals surface area contributed by atoms with Crippen molar-refractivity contribution in [2.24, 2.45) is 0 Å². The van der Waals surface area contributed by atoms with Gasteiger partial charge in [0.25, 0.3) is 5.91 Å². The zero-order valence-electron chi connectivity index (χ0n) is 14.5. The molecule has 0 saturated heterocycles. The SMILES string of the molecule is COc1ccc(CNC(=O)c2ccccc2NC(=O)CC#N)cc1OC. The third kappa shape index (κ3) is 4.74. The van der Waals surface area contributed by atoms with Gasteiger partial charge in [-0.25, -0.2) is 0 Å². The number of para-hydroxylation sites is 1. The second kappa shape index (κ2) is 9.08. The highest BCUT2D eigenvalue weighted by atomic mass is 16.5. The molecule has 7 heteroatoms. The number of rotatable bonds is 7. The van der Waals surface area contributed by atoms with Crippen molar-refractivity contribution in [2.45, 2.75) is 13.0 Å². The number of nitrogens with zero attached hydrogens (tertiary/aromatic N) is 1. The number of carbonyl (C=O) groups excluding carboxylic acids is 2. The first-order chi connectivity index (χ1) is 12.6. The fourth-order valence-corrected chi connectivity index (χ4v) is 2.32. The molecule has 0 aliphatic rings. The summed E-state index contributed by atoms with van der Waals surface area (Å²) in [6.45, 7) is 0.277. The summed E-state index contributed by atoms with van der Waals surface area (Å²) < 4.78 is 10.4. The van der Waals surface area contributed by atoms with Crippen LogP contribution in [-0.2, 0) is 11.3 Å². The van der Waals surface area contributed by atoms with Crippen LogP contribution in [0.15, 0.2) is 42.5 Å². The van der Waals surface area contributed by atoms with E-state index in [-0.39, 0.29) is 18.9 Å². The van der Waals surface area contributed by atoms with Crippen LogP contribution in [0.2, 0.25) is 0 Å². The van der Waals surface area contributed by atoms with Crippen LogP contribution >= 0.6 is 0 Å². The maximum Gasteiger partial charge on any atom is 0.253 e. The Kier molecular flexibility index (Phi) is 6.57. The summed E-state index contributed by atoms with van der Waals surface area (Å²) in [6, 6.07) is 13.7. The Bertz CT molecular complexity index is 843. The molecular formula is C19H19N3O4. The van der Waals surface area contributed by atoms with Crippen molar-refractivity contribution in [3.05, 3.63) is 53.6 Å². The van der Waals surface area contributed by atoms with Crippen LogP contribution in [0.25, 0.3) is 0 Å². The number of nitrogens with one attached hydrogen (secondary N) is 2. The topological polar surface area (TPSA) is 100 Å². The molecule has 7 nitrogen and oxygen atoms in total. The summed E-state index contributed by atoms with van der Waals surface area (Å²) in [5, 5.41) is 13.9. The molecule has 0 atom stereocenters. The van der Waals surface area contributed by atoms with E-state index >= 15 is 0 Å². The lowest BCUT2D eigenvalue weighted by atomic mass is 10.1. The van der Waals surface area contributed by atoms with Crippen molar-refractivity contribution in [3.8, 4) is 17.6 Å². The predicted molar refractivity (Wildman–Crippen MR) is 96.0 cm³/mol. The lowest BCUT2D eigenvalue weighted by Crippen LogP contribution is -2.24. The van der Waals surface area contributed by atoms with Gasteiger partial charge >= 0.3 is 0 Å². The Hall–Kier alpha value is -3.53. The van der Waals surface area contributed by atoms with Crippen molar-refractivity contribution >= 4 is 17.5 Å². The third-order valence-electron chi connectivity index (χ3n) is 3.59. The molecule has 2 rings (SSSR count). The number of hydrogen-bond acceptors (Lipinski definition) is 5. The standard InChI is InChI=1S/C19H19N3O4/c1-25-16-8-7-13(11-17(16)26-2)12-21-19(24)14-5-3-4-6-15(14)22-18(23)9-10-20/h3-8,11H,9,12H2,1-2H3,(H,21,24)(H,22,23). The van der Waals surface area contributed by atoms with E-state index < -0.39 is 5.91 Å². The Morgan fingerprint density at radius 1 is 1.08 bits per heavy atom. The number of nitriles is 1. The van der Waals surface area contributed by atoms with Crippen molar-refractivity contribution in [3.63, 3.8) is 0 Å². The molecule has 134 valence electrons.